The van der Waals surface area contributed by atoms with Crippen molar-refractivity contribution in [1.29, 1.82) is 0 Å². The minimum Gasteiger partial charge on any atom is -0.446 e. The maximum absolute atomic E-state index is 11.9. The summed E-state index contributed by atoms with van der Waals surface area (Å²) in [7, 11) is 1.60. The van der Waals surface area contributed by atoms with Crippen molar-refractivity contribution >= 4 is 6.09 Å². The van der Waals surface area contributed by atoms with Gasteiger partial charge in [-0.2, -0.15) is 0 Å². The molecule has 4 nitrogen and oxygen atoms in total. The summed E-state index contributed by atoms with van der Waals surface area (Å²) < 4.78 is 5.82. The molecule has 5 atom stereocenters. The normalized spacial score (nSPS) is 35.8. The standard InChI is InChI=1S/C22H37NO3/c1-8-21(5,25)13-10-16-15(2)14-17(26-19(24)23-7)18-20(3,4)11-9-12-22(16,18)6/h8,16-18,25H,1-2,9-14H2,3-7H3,(H,23,24). The van der Waals surface area contributed by atoms with Crippen LogP contribution in [0.5, 0.6) is 0 Å². The monoisotopic (exact) mass is 363 g/mol. The van der Waals surface area contributed by atoms with Crippen molar-refractivity contribution in [2.24, 2.45) is 22.7 Å². The van der Waals surface area contributed by atoms with E-state index in [4.69, 9.17) is 4.74 Å². The summed E-state index contributed by atoms with van der Waals surface area (Å²) in [4.78, 5) is 11.9. The van der Waals surface area contributed by atoms with Gasteiger partial charge in [0.15, 0.2) is 0 Å². The van der Waals surface area contributed by atoms with Crippen LogP contribution >= 0.6 is 0 Å². The lowest BCUT2D eigenvalue weighted by Gasteiger charge is -2.60. The lowest BCUT2D eigenvalue weighted by atomic mass is 9.46. The maximum Gasteiger partial charge on any atom is 0.407 e. The lowest BCUT2D eigenvalue weighted by Crippen LogP contribution is -2.57. The Morgan fingerprint density at radius 2 is 2.08 bits per heavy atom. The molecule has 2 aliphatic rings. The van der Waals surface area contributed by atoms with Gasteiger partial charge in [-0.3, -0.25) is 0 Å². The van der Waals surface area contributed by atoms with Gasteiger partial charge in [0.1, 0.15) is 6.10 Å². The molecule has 0 aromatic heterocycles. The second kappa shape index (κ2) is 7.38. The number of hydrogen-bond donors (Lipinski definition) is 2. The first-order valence-corrected chi connectivity index (χ1v) is 9.89. The molecular weight excluding hydrogens is 326 g/mol. The highest BCUT2D eigenvalue weighted by molar-refractivity contribution is 5.67. The number of aliphatic hydroxyl groups is 1. The van der Waals surface area contributed by atoms with Crippen molar-refractivity contribution in [3.05, 3.63) is 24.8 Å². The molecule has 2 aliphatic carbocycles. The molecule has 0 spiro atoms. The Morgan fingerprint density at radius 1 is 1.42 bits per heavy atom. The molecule has 26 heavy (non-hydrogen) atoms. The summed E-state index contributed by atoms with van der Waals surface area (Å²) in [6.07, 6.45) is 6.81. The fourth-order valence-corrected chi connectivity index (χ4v) is 5.81. The summed E-state index contributed by atoms with van der Waals surface area (Å²) in [6, 6.07) is 0. The molecule has 148 valence electrons. The van der Waals surface area contributed by atoms with E-state index in [0.29, 0.717) is 18.8 Å². The molecule has 2 fully saturated rings. The van der Waals surface area contributed by atoms with Gasteiger partial charge in [-0.1, -0.05) is 45.4 Å². The van der Waals surface area contributed by atoms with E-state index in [1.807, 2.05) is 6.92 Å². The largest absolute Gasteiger partial charge is 0.446 e. The van der Waals surface area contributed by atoms with Gasteiger partial charge >= 0.3 is 6.09 Å². The number of amides is 1. The van der Waals surface area contributed by atoms with Crippen LogP contribution in [0.15, 0.2) is 24.8 Å². The molecule has 0 aromatic rings. The van der Waals surface area contributed by atoms with Gasteiger partial charge in [0, 0.05) is 19.4 Å². The van der Waals surface area contributed by atoms with Gasteiger partial charge in [-0.05, 0) is 49.4 Å². The van der Waals surface area contributed by atoms with Gasteiger partial charge in [0.05, 0.1) is 5.60 Å². The average Bonchev–Trinajstić information content (AvgIpc) is 2.52. The molecular formula is C22H37NO3. The molecule has 2 saturated carbocycles. The van der Waals surface area contributed by atoms with Crippen molar-refractivity contribution in [1.82, 2.24) is 5.32 Å². The molecule has 2 N–H and O–H groups in total. The average molecular weight is 364 g/mol. The Morgan fingerprint density at radius 3 is 2.65 bits per heavy atom. The SMILES string of the molecule is C=CC(C)(O)CCC1C(=C)CC(OC(=O)NC)C2C(C)(C)CCCC12C. The highest BCUT2D eigenvalue weighted by atomic mass is 16.6. The number of alkyl carbamates (subject to hydrolysis) is 1. The molecule has 0 radical (unpaired) electrons. The van der Waals surface area contributed by atoms with E-state index in [0.717, 1.165) is 24.8 Å². The van der Waals surface area contributed by atoms with Crippen molar-refractivity contribution in [3.63, 3.8) is 0 Å². The molecule has 4 heteroatoms. The number of hydrogen-bond acceptors (Lipinski definition) is 3. The fourth-order valence-electron chi connectivity index (χ4n) is 5.81. The molecule has 5 unspecified atom stereocenters. The second-order valence-electron chi connectivity index (χ2n) is 9.53. The van der Waals surface area contributed by atoms with Crippen molar-refractivity contribution in [3.8, 4) is 0 Å². The summed E-state index contributed by atoms with van der Waals surface area (Å²) in [5, 5.41) is 13.0. The minimum absolute atomic E-state index is 0.0209. The van der Waals surface area contributed by atoms with Crippen LogP contribution in [0.2, 0.25) is 0 Å². The highest BCUT2D eigenvalue weighted by Crippen LogP contribution is 2.62. The summed E-state index contributed by atoms with van der Waals surface area (Å²) >= 11 is 0. The van der Waals surface area contributed by atoms with Crippen molar-refractivity contribution < 1.29 is 14.6 Å². The molecule has 0 heterocycles. The first-order chi connectivity index (χ1) is 12.0. The topological polar surface area (TPSA) is 58.6 Å². The molecule has 0 aromatic carbocycles. The Hall–Kier alpha value is -1.29. The van der Waals surface area contributed by atoms with Gasteiger partial charge in [-0.15, -0.1) is 6.58 Å². The number of carbonyl (C=O) groups excluding carboxylic acids is 1. The van der Waals surface area contributed by atoms with E-state index in [1.54, 1.807) is 13.1 Å². The number of ether oxygens (including phenoxy) is 1. The quantitative estimate of drug-likeness (QED) is 0.687. The summed E-state index contributed by atoms with van der Waals surface area (Å²) in [5.41, 5.74) is 0.417. The van der Waals surface area contributed by atoms with Crippen LogP contribution in [0.3, 0.4) is 0 Å². The van der Waals surface area contributed by atoms with Crippen LogP contribution in [-0.4, -0.2) is 30.0 Å². The molecule has 2 rings (SSSR count). The van der Waals surface area contributed by atoms with Gasteiger partial charge in [0.2, 0.25) is 0 Å². The van der Waals surface area contributed by atoms with Crippen LogP contribution in [0.25, 0.3) is 0 Å². The Labute approximate surface area is 159 Å². The van der Waals surface area contributed by atoms with Gasteiger partial charge in [-0.25, -0.2) is 4.79 Å². The zero-order valence-electron chi connectivity index (χ0n) is 17.2. The third kappa shape index (κ3) is 4.00. The maximum atomic E-state index is 11.9. The predicted octanol–water partition coefficient (Wildman–Crippen LogP) is 4.84. The number of fused-ring (bicyclic) bond motifs is 1. The first-order valence-electron chi connectivity index (χ1n) is 9.89. The number of carbonyl (C=O) groups is 1. The molecule has 0 bridgehead atoms. The van der Waals surface area contributed by atoms with E-state index < -0.39 is 5.60 Å². The second-order valence-corrected chi connectivity index (χ2v) is 9.53. The predicted molar refractivity (Wildman–Crippen MR) is 106 cm³/mol. The zero-order valence-corrected chi connectivity index (χ0v) is 17.2. The third-order valence-corrected chi connectivity index (χ3v) is 7.05. The molecule has 1 amide bonds. The molecule has 0 saturated heterocycles. The van der Waals surface area contributed by atoms with Crippen LogP contribution in [0, 0.1) is 22.7 Å². The number of rotatable bonds is 5. The lowest BCUT2D eigenvalue weighted by molar-refractivity contribution is -0.124. The van der Waals surface area contributed by atoms with Crippen molar-refractivity contribution in [2.45, 2.75) is 77.9 Å². The van der Waals surface area contributed by atoms with Crippen LogP contribution in [0.4, 0.5) is 4.79 Å². The van der Waals surface area contributed by atoms with Gasteiger partial charge in [0.25, 0.3) is 0 Å². The van der Waals surface area contributed by atoms with Crippen LogP contribution in [-0.2, 0) is 4.74 Å². The van der Waals surface area contributed by atoms with E-state index >= 15 is 0 Å². The van der Waals surface area contributed by atoms with Crippen LogP contribution in [0.1, 0.15) is 66.2 Å². The highest BCUT2D eigenvalue weighted by Gasteiger charge is 2.57. The van der Waals surface area contributed by atoms with E-state index in [2.05, 4.69) is 39.2 Å². The number of nitrogens with one attached hydrogen (secondary N) is 1. The summed E-state index contributed by atoms with van der Waals surface area (Å²) in [6.45, 7) is 16.9. The fraction of sp³-hybridized carbons (Fsp3) is 0.773. The smallest absolute Gasteiger partial charge is 0.407 e. The zero-order chi connectivity index (χ0) is 19.8. The Kier molecular flexibility index (Phi) is 5.96. The van der Waals surface area contributed by atoms with E-state index in [1.165, 1.54) is 6.42 Å². The van der Waals surface area contributed by atoms with E-state index in [-0.39, 0.29) is 28.9 Å². The molecule has 0 aliphatic heterocycles. The Bertz CT molecular complexity index is 566. The first kappa shape index (κ1) is 21.0. The van der Waals surface area contributed by atoms with Crippen LogP contribution < -0.4 is 5.32 Å². The van der Waals surface area contributed by atoms with Crippen molar-refractivity contribution in [2.75, 3.05) is 7.05 Å². The Balaban J connectivity index is 2.34. The summed E-state index contributed by atoms with van der Waals surface area (Å²) in [5.74, 6) is 0.605. The van der Waals surface area contributed by atoms with Gasteiger partial charge < -0.3 is 15.2 Å². The van der Waals surface area contributed by atoms with E-state index in [9.17, 15) is 9.90 Å². The third-order valence-electron chi connectivity index (χ3n) is 7.05. The minimum atomic E-state index is -0.855.